The molecule has 0 bridgehead atoms. The second kappa shape index (κ2) is 3.72. The van der Waals surface area contributed by atoms with Crippen LogP contribution in [0.4, 0.5) is 0 Å². The van der Waals surface area contributed by atoms with Crippen molar-refractivity contribution in [1.29, 1.82) is 0 Å². The van der Waals surface area contributed by atoms with Crippen LogP contribution in [0, 0.1) is 4.64 Å². The van der Waals surface area contributed by atoms with Crippen LogP contribution in [0.2, 0.25) is 0 Å². The molecule has 1 aliphatic heterocycles. The predicted molar refractivity (Wildman–Crippen MR) is 64.1 cm³/mol. The lowest BCUT2D eigenvalue weighted by atomic mass is 10.1. The number of fused-ring (bicyclic) bond motifs is 1. The summed E-state index contributed by atoms with van der Waals surface area (Å²) in [5, 5.41) is 0. The number of nitrogens with one attached hydrogen (secondary N) is 1. The summed E-state index contributed by atoms with van der Waals surface area (Å²) in [4.78, 5) is 7.07. The van der Waals surface area contributed by atoms with Crippen molar-refractivity contribution < 1.29 is 4.74 Å². The average Bonchev–Trinajstić information content (AvgIpc) is 2.75. The van der Waals surface area contributed by atoms with Crippen molar-refractivity contribution in [3.8, 4) is 17.0 Å². The molecule has 0 saturated heterocycles. The van der Waals surface area contributed by atoms with Crippen molar-refractivity contribution in [2.45, 2.75) is 6.42 Å². The summed E-state index contributed by atoms with van der Waals surface area (Å²) < 4.78 is 6.07. The lowest BCUT2D eigenvalue weighted by Crippen LogP contribution is -1.86. The molecule has 80 valence electrons. The van der Waals surface area contributed by atoms with Gasteiger partial charge in [0.15, 0.2) is 0 Å². The Hall–Kier alpha value is -1.68. The second-order valence-electron chi connectivity index (χ2n) is 3.72. The molecule has 3 nitrogen and oxygen atoms in total. The van der Waals surface area contributed by atoms with Crippen LogP contribution in [0.3, 0.4) is 0 Å². The van der Waals surface area contributed by atoms with E-state index >= 15 is 0 Å². The zero-order valence-corrected chi connectivity index (χ0v) is 9.38. The van der Waals surface area contributed by atoms with E-state index in [1.165, 1.54) is 5.56 Å². The summed E-state index contributed by atoms with van der Waals surface area (Å²) >= 11 is 5.04. The zero-order valence-electron chi connectivity index (χ0n) is 8.56. The Balaban J connectivity index is 2.10. The lowest BCUT2D eigenvalue weighted by Gasteiger charge is -2.03. The van der Waals surface area contributed by atoms with E-state index in [2.05, 4.69) is 16.0 Å². The summed E-state index contributed by atoms with van der Waals surface area (Å²) in [6.07, 6.45) is 2.61. The van der Waals surface area contributed by atoms with Gasteiger partial charge in [0, 0.05) is 12.1 Å². The van der Waals surface area contributed by atoms with E-state index in [1.54, 1.807) is 6.33 Å². The molecule has 0 spiro atoms. The standard InChI is InChI=1S/C12H10N2OS/c16-12-6-10(13-7-14-12)8-1-2-11-9(5-8)3-4-15-11/h1-2,5-7H,3-4H2,(H,13,14,16). The fraction of sp³-hybridized carbons (Fsp3) is 0.167. The van der Waals surface area contributed by atoms with Crippen LogP contribution < -0.4 is 4.74 Å². The van der Waals surface area contributed by atoms with Crippen molar-refractivity contribution in [3.05, 3.63) is 40.8 Å². The minimum absolute atomic E-state index is 0.602. The Morgan fingerprint density at radius 3 is 3.12 bits per heavy atom. The van der Waals surface area contributed by atoms with Crippen molar-refractivity contribution in [1.82, 2.24) is 9.97 Å². The first-order valence-electron chi connectivity index (χ1n) is 5.14. The highest BCUT2D eigenvalue weighted by Gasteiger charge is 2.12. The van der Waals surface area contributed by atoms with Crippen LogP contribution >= 0.6 is 12.2 Å². The van der Waals surface area contributed by atoms with Crippen molar-refractivity contribution >= 4 is 12.2 Å². The van der Waals surface area contributed by atoms with E-state index in [0.29, 0.717) is 4.64 Å². The van der Waals surface area contributed by atoms with Gasteiger partial charge in [0.2, 0.25) is 0 Å². The highest BCUT2D eigenvalue weighted by molar-refractivity contribution is 7.71. The highest BCUT2D eigenvalue weighted by Crippen LogP contribution is 2.29. The molecule has 0 radical (unpaired) electrons. The first-order chi connectivity index (χ1) is 7.83. The predicted octanol–water partition coefficient (Wildman–Crippen LogP) is 2.74. The Bertz CT molecular complexity index is 592. The molecule has 1 N–H and O–H groups in total. The number of ether oxygens (including phenoxy) is 1. The molecule has 0 unspecified atom stereocenters. The number of nitrogens with zero attached hydrogens (tertiary/aromatic N) is 1. The normalized spacial score (nSPS) is 13.2. The van der Waals surface area contributed by atoms with Crippen LogP contribution in [0.5, 0.6) is 5.75 Å². The second-order valence-corrected chi connectivity index (χ2v) is 4.14. The minimum Gasteiger partial charge on any atom is -0.493 e. The minimum atomic E-state index is 0.602. The molecule has 1 aromatic heterocycles. The Kier molecular flexibility index (Phi) is 2.22. The molecule has 0 aliphatic carbocycles. The fourth-order valence-electron chi connectivity index (χ4n) is 1.89. The van der Waals surface area contributed by atoms with Crippen molar-refractivity contribution in [2.75, 3.05) is 6.61 Å². The zero-order chi connectivity index (χ0) is 11.0. The summed E-state index contributed by atoms with van der Waals surface area (Å²) in [6.45, 7) is 0.783. The number of benzene rings is 1. The van der Waals surface area contributed by atoms with E-state index in [4.69, 9.17) is 17.0 Å². The van der Waals surface area contributed by atoms with Gasteiger partial charge in [0.05, 0.1) is 12.9 Å². The number of rotatable bonds is 1. The van der Waals surface area contributed by atoms with Gasteiger partial charge in [0.25, 0.3) is 0 Å². The van der Waals surface area contributed by atoms with E-state index in [1.807, 2.05) is 18.2 Å². The van der Waals surface area contributed by atoms with Crippen molar-refractivity contribution in [2.24, 2.45) is 0 Å². The lowest BCUT2D eigenvalue weighted by molar-refractivity contribution is 0.357. The number of H-pyrrole nitrogens is 1. The van der Waals surface area contributed by atoms with Gasteiger partial charge < -0.3 is 9.72 Å². The van der Waals surface area contributed by atoms with E-state index < -0.39 is 0 Å². The van der Waals surface area contributed by atoms with Crippen LogP contribution in [0.25, 0.3) is 11.3 Å². The summed E-state index contributed by atoms with van der Waals surface area (Å²) in [6, 6.07) is 8.05. The fourth-order valence-corrected chi connectivity index (χ4v) is 2.06. The van der Waals surface area contributed by atoms with Crippen LogP contribution in [0.15, 0.2) is 30.6 Å². The highest BCUT2D eigenvalue weighted by atomic mass is 32.1. The maximum Gasteiger partial charge on any atom is 0.130 e. The molecular formula is C12H10N2OS. The van der Waals surface area contributed by atoms with Gasteiger partial charge in [-0.2, -0.15) is 0 Å². The monoisotopic (exact) mass is 230 g/mol. The maximum absolute atomic E-state index is 5.47. The quantitative estimate of drug-likeness (QED) is 0.765. The molecule has 0 atom stereocenters. The Morgan fingerprint density at radius 2 is 2.25 bits per heavy atom. The summed E-state index contributed by atoms with van der Waals surface area (Å²) in [5.74, 6) is 0.997. The molecule has 2 aromatic rings. The molecular weight excluding hydrogens is 220 g/mol. The number of aromatic amines is 1. The third-order valence-electron chi connectivity index (χ3n) is 2.68. The molecule has 2 heterocycles. The molecule has 16 heavy (non-hydrogen) atoms. The molecule has 1 aliphatic rings. The van der Waals surface area contributed by atoms with Crippen molar-refractivity contribution in [3.63, 3.8) is 0 Å². The molecule has 0 saturated carbocycles. The SMILES string of the molecule is S=c1cc(-c2ccc3c(c2)CCO3)[nH]cn1. The Labute approximate surface area is 98.1 Å². The molecule has 0 fully saturated rings. The van der Waals surface area contributed by atoms with Gasteiger partial charge in [-0.3, -0.25) is 0 Å². The maximum atomic E-state index is 5.47. The van der Waals surface area contributed by atoms with E-state index in [9.17, 15) is 0 Å². The van der Waals surface area contributed by atoms with Crippen LogP contribution in [0.1, 0.15) is 5.56 Å². The van der Waals surface area contributed by atoms with Gasteiger partial charge in [0.1, 0.15) is 10.4 Å². The molecule has 1 aromatic carbocycles. The first kappa shape index (κ1) is 9.54. The number of hydrogen-bond donors (Lipinski definition) is 1. The van der Waals surface area contributed by atoms with Crippen LogP contribution in [-0.4, -0.2) is 16.6 Å². The largest absolute Gasteiger partial charge is 0.493 e. The summed E-state index contributed by atoms with van der Waals surface area (Å²) in [7, 11) is 0. The van der Waals surface area contributed by atoms with E-state index in [-0.39, 0.29) is 0 Å². The van der Waals surface area contributed by atoms with Crippen LogP contribution in [-0.2, 0) is 6.42 Å². The van der Waals surface area contributed by atoms with E-state index in [0.717, 1.165) is 30.0 Å². The molecule has 0 amide bonds. The number of hydrogen-bond acceptors (Lipinski definition) is 3. The topological polar surface area (TPSA) is 37.9 Å². The molecule has 4 heteroatoms. The van der Waals surface area contributed by atoms with Gasteiger partial charge in [-0.15, -0.1) is 0 Å². The third-order valence-corrected chi connectivity index (χ3v) is 2.90. The van der Waals surface area contributed by atoms with Gasteiger partial charge in [-0.05, 0) is 35.4 Å². The smallest absolute Gasteiger partial charge is 0.130 e. The molecule has 3 rings (SSSR count). The van der Waals surface area contributed by atoms with Gasteiger partial charge in [-0.25, -0.2) is 4.98 Å². The van der Waals surface area contributed by atoms with Gasteiger partial charge >= 0.3 is 0 Å². The Morgan fingerprint density at radius 1 is 1.31 bits per heavy atom. The summed E-state index contributed by atoms with van der Waals surface area (Å²) in [5.41, 5.74) is 3.38. The van der Waals surface area contributed by atoms with Gasteiger partial charge in [-0.1, -0.05) is 12.2 Å². The third kappa shape index (κ3) is 1.61. The number of aromatic nitrogens is 2. The first-order valence-corrected chi connectivity index (χ1v) is 5.54. The average molecular weight is 230 g/mol.